The van der Waals surface area contributed by atoms with Crippen LogP contribution in [0.15, 0.2) is 48.5 Å². The topological polar surface area (TPSA) is 114 Å². The van der Waals surface area contributed by atoms with Gasteiger partial charge >= 0.3 is 18.0 Å². The summed E-state index contributed by atoms with van der Waals surface area (Å²) in [6, 6.07) is 10.7. The summed E-state index contributed by atoms with van der Waals surface area (Å²) < 4.78 is 45.0. The van der Waals surface area contributed by atoms with Gasteiger partial charge < -0.3 is 25.7 Å². The predicted octanol–water partition coefficient (Wildman–Crippen LogP) is 7.40. The highest BCUT2D eigenvalue weighted by Gasteiger charge is 2.43. The minimum absolute atomic E-state index is 0.0969. The Bertz CT molecular complexity index is 1130. The number of unbranched alkanes of at least 4 members (excludes halogenated alkanes) is 3. The number of nitrogens with two attached hydrogens (primary N) is 2. The SMILES string of the molecule is CCCCCC1CCC(C(F)(F)Oc2ccc(C=CC(=O)OCCCCOC(=O)c3cc(N)cc(N)c3)cc2)CC1. The van der Waals surface area contributed by atoms with Crippen LogP contribution in [0.4, 0.5) is 20.2 Å². The van der Waals surface area contributed by atoms with Crippen molar-refractivity contribution in [3.05, 3.63) is 59.7 Å². The van der Waals surface area contributed by atoms with Gasteiger partial charge in [-0.05, 0) is 86.4 Å². The third kappa shape index (κ3) is 11.1. The first-order chi connectivity index (χ1) is 19.7. The number of anilines is 2. The molecule has 4 N–H and O–H groups in total. The molecular formula is C32H42F2N2O5. The molecule has 0 radical (unpaired) electrons. The molecule has 0 amide bonds. The van der Waals surface area contributed by atoms with Crippen LogP contribution in [-0.2, 0) is 14.3 Å². The lowest BCUT2D eigenvalue weighted by Gasteiger charge is -2.33. The third-order valence-electron chi connectivity index (χ3n) is 7.31. The van der Waals surface area contributed by atoms with Crippen LogP contribution in [0, 0.1) is 11.8 Å². The lowest BCUT2D eigenvalue weighted by atomic mass is 9.79. The molecule has 1 aliphatic rings. The first-order valence-corrected chi connectivity index (χ1v) is 14.5. The van der Waals surface area contributed by atoms with Crippen molar-refractivity contribution in [2.75, 3.05) is 24.7 Å². The molecule has 0 aliphatic heterocycles. The van der Waals surface area contributed by atoms with Gasteiger partial charge in [-0.3, -0.25) is 0 Å². The van der Waals surface area contributed by atoms with E-state index in [4.69, 9.17) is 25.7 Å². The van der Waals surface area contributed by atoms with Gasteiger partial charge in [-0.15, -0.1) is 0 Å². The zero-order valence-corrected chi connectivity index (χ0v) is 23.8. The van der Waals surface area contributed by atoms with E-state index in [0.29, 0.717) is 48.5 Å². The smallest absolute Gasteiger partial charge is 0.400 e. The highest BCUT2D eigenvalue weighted by molar-refractivity contribution is 5.91. The van der Waals surface area contributed by atoms with E-state index in [2.05, 4.69) is 6.92 Å². The molecule has 0 spiro atoms. The van der Waals surface area contributed by atoms with E-state index in [1.54, 1.807) is 24.3 Å². The van der Waals surface area contributed by atoms with Crippen LogP contribution in [-0.4, -0.2) is 31.3 Å². The van der Waals surface area contributed by atoms with E-state index >= 15 is 0 Å². The van der Waals surface area contributed by atoms with Crippen molar-refractivity contribution in [3.8, 4) is 5.75 Å². The summed E-state index contributed by atoms with van der Waals surface area (Å²) in [5.74, 6) is -1.18. The Morgan fingerprint density at radius 1 is 0.902 bits per heavy atom. The quantitative estimate of drug-likeness (QED) is 0.0989. The lowest BCUT2D eigenvalue weighted by Crippen LogP contribution is -2.37. The van der Waals surface area contributed by atoms with Gasteiger partial charge in [-0.25, -0.2) is 9.59 Å². The van der Waals surface area contributed by atoms with Crippen LogP contribution in [0.2, 0.25) is 0 Å². The summed E-state index contributed by atoms with van der Waals surface area (Å²) in [7, 11) is 0. The van der Waals surface area contributed by atoms with E-state index in [1.807, 2.05) is 0 Å². The number of rotatable bonds is 15. The molecule has 9 heteroatoms. The molecular weight excluding hydrogens is 530 g/mol. The molecule has 0 unspecified atom stereocenters. The number of hydrogen-bond acceptors (Lipinski definition) is 7. The second-order valence-corrected chi connectivity index (χ2v) is 10.7. The molecule has 2 aromatic carbocycles. The first-order valence-electron chi connectivity index (χ1n) is 14.5. The summed E-state index contributed by atoms with van der Waals surface area (Å²) in [4.78, 5) is 24.0. The maximum atomic E-state index is 14.8. The monoisotopic (exact) mass is 572 g/mol. The summed E-state index contributed by atoms with van der Waals surface area (Å²) in [6.45, 7) is 2.49. The molecule has 0 heterocycles. The third-order valence-corrected chi connectivity index (χ3v) is 7.31. The van der Waals surface area contributed by atoms with Crippen molar-refractivity contribution in [1.82, 2.24) is 0 Å². The average Bonchev–Trinajstić information content (AvgIpc) is 2.94. The number of ether oxygens (including phenoxy) is 3. The second-order valence-electron chi connectivity index (χ2n) is 10.7. The number of nitrogen functional groups attached to an aromatic ring is 2. The number of carbonyl (C=O) groups excluding carboxylic acids is 2. The maximum Gasteiger partial charge on any atom is 0.400 e. The molecule has 2 aromatic rings. The van der Waals surface area contributed by atoms with Crippen LogP contribution < -0.4 is 16.2 Å². The fourth-order valence-corrected chi connectivity index (χ4v) is 4.99. The van der Waals surface area contributed by atoms with Crippen molar-refractivity contribution in [3.63, 3.8) is 0 Å². The number of halogens is 2. The largest absolute Gasteiger partial charge is 0.463 e. The molecule has 1 saturated carbocycles. The normalized spacial score (nSPS) is 17.3. The molecule has 0 aromatic heterocycles. The molecule has 1 aliphatic carbocycles. The van der Waals surface area contributed by atoms with Gasteiger partial charge in [0.1, 0.15) is 5.75 Å². The molecule has 41 heavy (non-hydrogen) atoms. The Labute approximate surface area is 241 Å². The number of hydrogen-bond donors (Lipinski definition) is 2. The fourth-order valence-electron chi connectivity index (χ4n) is 4.99. The van der Waals surface area contributed by atoms with Crippen molar-refractivity contribution in [2.45, 2.75) is 77.2 Å². The Balaban J connectivity index is 1.32. The zero-order valence-electron chi connectivity index (χ0n) is 23.8. The predicted molar refractivity (Wildman–Crippen MR) is 156 cm³/mol. The van der Waals surface area contributed by atoms with Gasteiger partial charge in [0.25, 0.3) is 0 Å². The number of alkyl halides is 2. The maximum absolute atomic E-state index is 14.8. The summed E-state index contributed by atoms with van der Waals surface area (Å²) >= 11 is 0. The van der Waals surface area contributed by atoms with E-state index in [-0.39, 0.29) is 24.5 Å². The van der Waals surface area contributed by atoms with Crippen LogP contribution in [0.3, 0.4) is 0 Å². The highest BCUT2D eigenvalue weighted by atomic mass is 19.3. The standard InChI is InChI=1S/C32H42F2N2O5/c1-2-3-4-7-23-8-13-26(14-9-23)32(33,34)41-29-15-10-24(11-16-29)12-17-30(37)39-18-5-6-19-40-31(38)25-20-27(35)22-28(36)21-25/h10-12,15-17,20-23,26H,2-9,13-14,18-19,35-36H2,1H3. The molecule has 224 valence electrons. The van der Waals surface area contributed by atoms with Gasteiger partial charge in [-0.2, -0.15) is 8.78 Å². The zero-order chi connectivity index (χ0) is 29.7. The van der Waals surface area contributed by atoms with Crippen LogP contribution in [0.25, 0.3) is 6.08 Å². The number of benzene rings is 2. The first kappa shape index (κ1) is 31.9. The van der Waals surface area contributed by atoms with Crippen LogP contribution >= 0.6 is 0 Å². The number of esters is 2. The summed E-state index contributed by atoms with van der Waals surface area (Å²) in [5, 5.41) is 0. The Morgan fingerprint density at radius 3 is 2.17 bits per heavy atom. The van der Waals surface area contributed by atoms with Gasteiger partial charge in [0.15, 0.2) is 0 Å². The molecule has 0 atom stereocenters. The minimum atomic E-state index is -3.21. The van der Waals surface area contributed by atoms with Crippen molar-refractivity contribution in [1.29, 1.82) is 0 Å². The molecule has 0 bridgehead atoms. The molecule has 0 saturated heterocycles. The lowest BCUT2D eigenvalue weighted by molar-refractivity contribution is -0.223. The van der Waals surface area contributed by atoms with Crippen molar-refractivity contribution < 1.29 is 32.6 Å². The van der Waals surface area contributed by atoms with Gasteiger partial charge in [0.05, 0.1) is 24.7 Å². The minimum Gasteiger partial charge on any atom is -0.463 e. The Morgan fingerprint density at radius 2 is 1.54 bits per heavy atom. The molecule has 7 nitrogen and oxygen atoms in total. The average molecular weight is 573 g/mol. The fraction of sp³-hybridized carbons (Fsp3) is 0.500. The summed E-state index contributed by atoms with van der Waals surface area (Å²) in [5.41, 5.74) is 13.0. The van der Waals surface area contributed by atoms with Crippen molar-refractivity contribution in [2.24, 2.45) is 11.8 Å². The Hall–Kier alpha value is -3.62. The van der Waals surface area contributed by atoms with Crippen LogP contribution in [0.1, 0.15) is 87.1 Å². The molecule has 1 fully saturated rings. The highest BCUT2D eigenvalue weighted by Crippen LogP contribution is 2.41. The molecule has 3 rings (SSSR count). The van der Waals surface area contributed by atoms with E-state index in [1.165, 1.54) is 49.6 Å². The van der Waals surface area contributed by atoms with E-state index in [0.717, 1.165) is 19.3 Å². The van der Waals surface area contributed by atoms with E-state index in [9.17, 15) is 18.4 Å². The number of carbonyl (C=O) groups is 2. The van der Waals surface area contributed by atoms with Crippen LogP contribution in [0.5, 0.6) is 5.75 Å². The van der Waals surface area contributed by atoms with Gasteiger partial charge in [-0.1, -0.05) is 44.7 Å². The Kier molecular flexibility index (Phi) is 12.4. The summed E-state index contributed by atoms with van der Waals surface area (Å²) in [6.07, 6.45) is 7.94. The second kappa shape index (κ2) is 16.0. The van der Waals surface area contributed by atoms with E-state index < -0.39 is 24.0 Å². The van der Waals surface area contributed by atoms with Crippen molar-refractivity contribution >= 4 is 29.4 Å². The van der Waals surface area contributed by atoms with Gasteiger partial charge in [0.2, 0.25) is 0 Å². The van der Waals surface area contributed by atoms with Gasteiger partial charge in [0, 0.05) is 17.5 Å².